The number of benzene rings is 2. The van der Waals surface area contributed by atoms with Crippen molar-refractivity contribution in [1.29, 1.82) is 0 Å². The minimum Gasteiger partial charge on any atom is -0.508 e. The third kappa shape index (κ3) is 7.97. The standard InChI is InChI=1S/C25H34O3.C2H3F3S/c1-8-25(9-2,19-10-12-21(26)17(3)14-19)20-11-13-22(18(4)15-20)28-16-23(27)24(5,6)7;3-2(4,5)1-6/h10-15,26H,8-9,16H2,1-7H3;6H,1H2. The van der Waals surface area contributed by atoms with Crippen molar-refractivity contribution in [2.45, 2.75) is 72.9 Å². The third-order valence-corrected chi connectivity index (χ3v) is 6.42. The Balaban J connectivity index is 0.000000852. The summed E-state index contributed by atoms with van der Waals surface area (Å²) in [6, 6.07) is 12.2. The molecule has 34 heavy (non-hydrogen) atoms. The summed E-state index contributed by atoms with van der Waals surface area (Å²) in [5.41, 5.74) is 3.84. The van der Waals surface area contributed by atoms with E-state index in [-0.39, 0.29) is 17.8 Å². The Morgan fingerprint density at radius 2 is 1.41 bits per heavy atom. The molecule has 7 heteroatoms. The zero-order valence-corrected chi connectivity index (χ0v) is 22.0. The van der Waals surface area contributed by atoms with Crippen molar-refractivity contribution in [2.24, 2.45) is 5.41 Å². The van der Waals surface area contributed by atoms with Crippen LogP contribution < -0.4 is 4.74 Å². The fraction of sp³-hybridized carbons (Fsp3) is 0.519. The van der Waals surface area contributed by atoms with Crippen LogP contribution in [0.15, 0.2) is 36.4 Å². The molecule has 0 aliphatic carbocycles. The number of hydrogen-bond donors (Lipinski definition) is 2. The summed E-state index contributed by atoms with van der Waals surface area (Å²) >= 11 is 2.98. The van der Waals surface area contributed by atoms with Crippen molar-refractivity contribution in [3.63, 3.8) is 0 Å². The largest absolute Gasteiger partial charge is 0.508 e. The Labute approximate surface area is 207 Å². The molecule has 0 aliphatic rings. The number of phenolic OH excluding ortho intramolecular Hbond substituents is 1. The lowest BCUT2D eigenvalue weighted by molar-refractivity contribution is -0.128. The number of alkyl halides is 3. The highest BCUT2D eigenvalue weighted by molar-refractivity contribution is 7.80. The first-order chi connectivity index (χ1) is 15.6. The lowest BCUT2D eigenvalue weighted by atomic mass is 9.70. The van der Waals surface area contributed by atoms with Gasteiger partial charge < -0.3 is 9.84 Å². The third-order valence-electron chi connectivity index (χ3n) is 6.06. The van der Waals surface area contributed by atoms with E-state index in [1.165, 1.54) is 11.1 Å². The second-order valence-electron chi connectivity index (χ2n) is 9.51. The number of aryl methyl sites for hydroxylation is 2. The number of aromatic hydroxyl groups is 1. The average Bonchev–Trinajstić information content (AvgIpc) is 2.75. The number of phenols is 1. The minimum absolute atomic E-state index is 0.0898. The van der Waals surface area contributed by atoms with Gasteiger partial charge in [0.1, 0.15) is 18.1 Å². The number of hydrogen-bond acceptors (Lipinski definition) is 4. The fourth-order valence-electron chi connectivity index (χ4n) is 3.66. The number of Topliss-reactive ketones (excluding diaryl/α,β-unsaturated/α-hetero) is 1. The normalized spacial score (nSPS) is 12.1. The summed E-state index contributed by atoms with van der Waals surface area (Å²) in [5, 5.41) is 9.92. The van der Waals surface area contributed by atoms with Gasteiger partial charge in [0.2, 0.25) is 0 Å². The molecule has 0 saturated heterocycles. The number of carbonyl (C=O) groups is 1. The molecule has 0 radical (unpaired) electrons. The maximum absolute atomic E-state index is 12.2. The van der Waals surface area contributed by atoms with E-state index in [9.17, 15) is 23.1 Å². The molecule has 0 heterocycles. The van der Waals surface area contributed by atoms with Gasteiger partial charge in [0, 0.05) is 10.8 Å². The van der Waals surface area contributed by atoms with E-state index in [0.29, 0.717) is 5.75 Å². The highest BCUT2D eigenvalue weighted by Gasteiger charge is 2.31. The Hall–Kier alpha value is -2.15. The van der Waals surface area contributed by atoms with Crippen LogP contribution in [0.25, 0.3) is 0 Å². The molecule has 0 unspecified atom stereocenters. The van der Waals surface area contributed by atoms with E-state index in [1.54, 1.807) is 6.07 Å². The summed E-state index contributed by atoms with van der Waals surface area (Å²) in [5.74, 6) is 0.136. The summed E-state index contributed by atoms with van der Waals surface area (Å²) in [4.78, 5) is 12.2. The molecule has 0 aromatic heterocycles. The van der Waals surface area contributed by atoms with Crippen LogP contribution in [0.1, 0.15) is 69.7 Å². The predicted octanol–water partition coefficient (Wildman–Crippen LogP) is 7.59. The Morgan fingerprint density at radius 3 is 1.79 bits per heavy atom. The second-order valence-corrected chi connectivity index (χ2v) is 9.82. The molecule has 1 N–H and O–H groups in total. The Kier molecular flexibility index (Phi) is 10.6. The molecular weight excluding hydrogens is 461 g/mol. The number of halogens is 3. The van der Waals surface area contributed by atoms with Crippen LogP contribution in [0.4, 0.5) is 13.2 Å². The molecule has 2 rings (SSSR count). The van der Waals surface area contributed by atoms with Crippen molar-refractivity contribution < 1.29 is 27.8 Å². The van der Waals surface area contributed by atoms with E-state index in [0.717, 1.165) is 29.7 Å². The van der Waals surface area contributed by atoms with Crippen LogP contribution in [-0.2, 0) is 10.2 Å². The first kappa shape index (κ1) is 29.9. The molecule has 2 aromatic carbocycles. The van der Waals surface area contributed by atoms with Crippen molar-refractivity contribution in [2.75, 3.05) is 12.4 Å². The lowest BCUT2D eigenvalue weighted by Gasteiger charge is -2.34. The van der Waals surface area contributed by atoms with Crippen molar-refractivity contribution in [3.05, 3.63) is 58.7 Å². The van der Waals surface area contributed by atoms with Gasteiger partial charge in [-0.05, 0) is 61.1 Å². The second kappa shape index (κ2) is 12.0. The molecule has 0 aliphatic heterocycles. The smallest absolute Gasteiger partial charge is 0.397 e. The van der Waals surface area contributed by atoms with Crippen molar-refractivity contribution in [1.82, 2.24) is 0 Å². The van der Waals surface area contributed by atoms with E-state index in [1.807, 2.05) is 46.8 Å². The number of ether oxygens (including phenoxy) is 1. The maximum Gasteiger partial charge on any atom is 0.397 e. The highest BCUT2D eigenvalue weighted by atomic mass is 32.1. The molecule has 0 spiro atoms. The van der Waals surface area contributed by atoms with E-state index < -0.39 is 17.3 Å². The monoisotopic (exact) mass is 498 g/mol. The van der Waals surface area contributed by atoms with Gasteiger partial charge in [0.25, 0.3) is 0 Å². The highest BCUT2D eigenvalue weighted by Crippen LogP contribution is 2.41. The van der Waals surface area contributed by atoms with Crippen molar-refractivity contribution >= 4 is 18.4 Å². The van der Waals surface area contributed by atoms with Gasteiger partial charge in [-0.1, -0.05) is 58.9 Å². The molecule has 0 atom stereocenters. The van der Waals surface area contributed by atoms with Crippen LogP contribution in [0, 0.1) is 19.3 Å². The number of carbonyl (C=O) groups excluding carboxylic acids is 1. The van der Waals surface area contributed by atoms with Crippen molar-refractivity contribution in [3.8, 4) is 11.5 Å². The molecule has 190 valence electrons. The molecule has 3 nitrogen and oxygen atoms in total. The van der Waals surface area contributed by atoms with E-state index in [4.69, 9.17) is 4.74 Å². The first-order valence-corrected chi connectivity index (χ1v) is 12.0. The summed E-state index contributed by atoms with van der Waals surface area (Å²) < 4.78 is 37.9. The fourth-order valence-corrected chi connectivity index (χ4v) is 3.66. The Bertz CT molecular complexity index is 959. The molecule has 0 fully saturated rings. The SMILES string of the molecule is CCC(CC)(c1ccc(O)c(C)c1)c1ccc(OCC(=O)C(C)(C)C)c(C)c1.FC(F)(F)CS. The number of ketones is 1. The van der Waals surface area contributed by atoms with Gasteiger partial charge in [0.05, 0.1) is 5.75 Å². The van der Waals surface area contributed by atoms with Gasteiger partial charge in [-0.25, -0.2) is 0 Å². The van der Waals surface area contributed by atoms with E-state index in [2.05, 4.69) is 44.7 Å². The van der Waals surface area contributed by atoms with Gasteiger partial charge >= 0.3 is 6.18 Å². The summed E-state index contributed by atoms with van der Waals surface area (Å²) in [7, 11) is 0. The van der Waals surface area contributed by atoms with Gasteiger partial charge in [-0.2, -0.15) is 25.8 Å². The quantitative estimate of drug-likeness (QED) is 0.387. The van der Waals surface area contributed by atoms with Gasteiger partial charge in [-0.15, -0.1) is 0 Å². The predicted molar refractivity (Wildman–Crippen MR) is 135 cm³/mol. The van der Waals surface area contributed by atoms with Gasteiger partial charge in [0.15, 0.2) is 5.78 Å². The molecule has 2 aromatic rings. The van der Waals surface area contributed by atoms with Crippen LogP contribution in [0.5, 0.6) is 11.5 Å². The van der Waals surface area contributed by atoms with E-state index >= 15 is 0 Å². The zero-order valence-electron chi connectivity index (χ0n) is 21.1. The van der Waals surface area contributed by atoms with Gasteiger partial charge in [-0.3, -0.25) is 4.79 Å². The Morgan fingerprint density at radius 1 is 0.941 bits per heavy atom. The van der Waals surface area contributed by atoms with Crippen LogP contribution in [0.2, 0.25) is 0 Å². The topological polar surface area (TPSA) is 46.5 Å². The first-order valence-electron chi connectivity index (χ1n) is 11.4. The molecule has 0 saturated carbocycles. The van der Waals surface area contributed by atoms with Crippen LogP contribution in [0.3, 0.4) is 0 Å². The summed E-state index contributed by atoms with van der Waals surface area (Å²) in [6.07, 6.45) is -2.19. The number of thiol groups is 1. The van der Waals surface area contributed by atoms with Crippen LogP contribution >= 0.6 is 12.6 Å². The number of rotatable bonds is 7. The van der Waals surface area contributed by atoms with Crippen LogP contribution in [-0.4, -0.2) is 29.4 Å². The summed E-state index contributed by atoms with van der Waals surface area (Å²) in [6.45, 7) is 14.2. The maximum atomic E-state index is 12.2. The molecule has 0 bridgehead atoms. The average molecular weight is 499 g/mol. The molecular formula is C27H37F3O3S. The zero-order chi connectivity index (χ0) is 26.3. The molecule has 0 amide bonds. The minimum atomic E-state index is -4.09. The lowest BCUT2D eigenvalue weighted by Crippen LogP contribution is -2.27.